The summed E-state index contributed by atoms with van der Waals surface area (Å²) < 4.78 is 0. The predicted molar refractivity (Wildman–Crippen MR) is 123 cm³/mol. The van der Waals surface area contributed by atoms with Crippen LogP contribution in [0.1, 0.15) is 78.1 Å². The van der Waals surface area contributed by atoms with Gasteiger partial charge in [0, 0.05) is 6.92 Å². The van der Waals surface area contributed by atoms with E-state index in [1.54, 1.807) is 0 Å². The van der Waals surface area contributed by atoms with E-state index in [4.69, 9.17) is 10.0 Å². The van der Waals surface area contributed by atoms with Gasteiger partial charge in [0.25, 0.3) is 0 Å². The van der Waals surface area contributed by atoms with Crippen molar-refractivity contribution >= 4 is 30.7 Å². The first-order chi connectivity index (χ1) is 15.7. The molecule has 0 aromatic heterocycles. The van der Waals surface area contributed by atoms with Gasteiger partial charge in [-0.25, -0.2) is 0 Å². The van der Waals surface area contributed by atoms with Crippen LogP contribution in [0.25, 0.3) is 0 Å². The van der Waals surface area contributed by atoms with Gasteiger partial charge in [-0.1, -0.05) is 44.9 Å². The molecular formula is C22H39BN4O6. The maximum atomic E-state index is 13.1. The summed E-state index contributed by atoms with van der Waals surface area (Å²) in [5, 5.41) is 28.7. The fraction of sp³-hybridized carbons (Fsp3) is 0.818. The molecule has 0 aliphatic heterocycles. The minimum atomic E-state index is -1.70. The summed E-state index contributed by atoms with van der Waals surface area (Å²) in [5.41, 5.74) is 0. The molecule has 4 amide bonds. The van der Waals surface area contributed by atoms with Crippen molar-refractivity contribution in [2.24, 2.45) is 11.8 Å². The molecule has 11 heteroatoms. The molecule has 0 aromatic carbocycles. The minimum Gasteiger partial charge on any atom is -0.426 e. The summed E-state index contributed by atoms with van der Waals surface area (Å²) in [6, 6.07) is -1.49. The summed E-state index contributed by atoms with van der Waals surface area (Å²) in [7, 11) is -1.70. The van der Waals surface area contributed by atoms with Crippen molar-refractivity contribution in [2.75, 3.05) is 6.54 Å². The summed E-state index contributed by atoms with van der Waals surface area (Å²) in [6.07, 6.45) is 9.53. The molecule has 0 radical (unpaired) electrons. The van der Waals surface area contributed by atoms with Crippen LogP contribution in [0.5, 0.6) is 0 Å². The molecule has 0 saturated heterocycles. The van der Waals surface area contributed by atoms with Gasteiger partial charge in [-0.2, -0.15) is 0 Å². The Labute approximate surface area is 196 Å². The van der Waals surface area contributed by atoms with Crippen molar-refractivity contribution in [1.82, 2.24) is 21.3 Å². The van der Waals surface area contributed by atoms with Crippen LogP contribution in [-0.4, -0.2) is 65.4 Å². The lowest BCUT2D eigenvalue weighted by Gasteiger charge is -2.29. The highest BCUT2D eigenvalue weighted by Crippen LogP contribution is 2.29. The van der Waals surface area contributed by atoms with Gasteiger partial charge in [0.05, 0.1) is 12.5 Å². The molecule has 3 atom stereocenters. The Morgan fingerprint density at radius 3 is 2.06 bits per heavy atom. The Bertz CT molecular complexity index is 680. The molecule has 186 valence electrons. The van der Waals surface area contributed by atoms with Gasteiger partial charge < -0.3 is 31.3 Å². The van der Waals surface area contributed by atoms with Crippen LogP contribution in [0.3, 0.4) is 0 Å². The zero-order valence-corrected chi connectivity index (χ0v) is 19.8. The van der Waals surface area contributed by atoms with E-state index in [-0.39, 0.29) is 24.3 Å². The first-order valence-electron chi connectivity index (χ1n) is 12.2. The molecule has 2 aliphatic carbocycles. The molecule has 2 rings (SSSR count). The number of hydrogen-bond donors (Lipinski definition) is 6. The fourth-order valence-electron chi connectivity index (χ4n) is 4.83. The van der Waals surface area contributed by atoms with Gasteiger partial charge >= 0.3 is 7.12 Å². The smallest absolute Gasteiger partial charge is 0.426 e. The fourth-order valence-corrected chi connectivity index (χ4v) is 4.83. The first-order valence-corrected chi connectivity index (χ1v) is 12.2. The summed E-state index contributed by atoms with van der Waals surface area (Å²) in [6.45, 7) is 2.47. The van der Waals surface area contributed by atoms with E-state index >= 15 is 0 Å². The normalized spacial score (nSPS) is 19.8. The molecule has 10 nitrogen and oxygen atoms in total. The highest BCUT2D eigenvalue weighted by molar-refractivity contribution is 6.43. The number of carbonyl (C=O) groups excluding carboxylic acids is 4. The van der Waals surface area contributed by atoms with E-state index in [0.717, 1.165) is 51.4 Å². The molecule has 0 heterocycles. The molecule has 0 unspecified atom stereocenters. The Kier molecular flexibility index (Phi) is 11.1. The van der Waals surface area contributed by atoms with Crippen LogP contribution in [0, 0.1) is 11.8 Å². The average molecular weight is 466 g/mol. The van der Waals surface area contributed by atoms with Crippen molar-refractivity contribution in [3.8, 4) is 0 Å². The van der Waals surface area contributed by atoms with Gasteiger partial charge in [0.15, 0.2) is 0 Å². The van der Waals surface area contributed by atoms with Crippen molar-refractivity contribution in [1.29, 1.82) is 0 Å². The Morgan fingerprint density at radius 1 is 0.879 bits per heavy atom. The largest absolute Gasteiger partial charge is 0.475 e. The van der Waals surface area contributed by atoms with E-state index in [2.05, 4.69) is 21.3 Å². The van der Waals surface area contributed by atoms with E-state index in [1.807, 2.05) is 0 Å². The number of amides is 4. The molecule has 0 aromatic rings. The molecule has 2 aliphatic rings. The SMILES string of the molecule is CC(=O)N[C@H](C(=O)N[C@@H](CC1CCCCC1)C(=O)NCC(=O)N[C@@H](C)B(O)O)C1CCCC1. The number of hydrogen-bond acceptors (Lipinski definition) is 6. The Morgan fingerprint density at radius 2 is 1.48 bits per heavy atom. The number of rotatable bonds is 11. The van der Waals surface area contributed by atoms with E-state index < -0.39 is 37.0 Å². The lowest BCUT2D eigenvalue weighted by atomic mass is 9.81. The van der Waals surface area contributed by atoms with Gasteiger partial charge in [0.2, 0.25) is 23.6 Å². The van der Waals surface area contributed by atoms with Crippen LogP contribution in [0.15, 0.2) is 0 Å². The van der Waals surface area contributed by atoms with Crippen molar-refractivity contribution in [3.63, 3.8) is 0 Å². The maximum Gasteiger partial charge on any atom is 0.475 e. The van der Waals surface area contributed by atoms with Crippen LogP contribution >= 0.6 is 0 Å². The summed E-state index contributed by atoms with van der Waals surface area (Å²) >= 11 is 0. The first kappa shape index (κ1) is 27.1. The van der Waals surface area contributed by atoms with Crippen molar-refractivity contribution < 1.29 is 29.2 Å². The third kappa shape index (κ3) is 9.33. The van der Waals surface area contributed by atoms with E-state index in [9.17, 15) is 19.2 Å². The standard InChI is InChI=1S/C22H39BN4O6/c1-14(23(32)33)25-19(29)13-24-21(30)18(12-16-8-4-3-5-9-16)27-22(31)20(26-15(2)28)17-10-6-7-11-17/h14,16-18,20,32-33H,3-13H2,1-2H3,(H,24,30)(H,25,29)(H,26,28)(H,27,31)/t14-,18-,20-/m0/s1. The van der Waals surface area contributed by atoms with E-state index in [0.29, 0.717) is 12.3 Å². The van der Waals surface area contributed by atoms with Gasteiger partial charge in [0.1, 0.15) is 12.1 Å². The summed E-state index contributed by atoms with van der Waals surface area (Å²) in [4.78, 5) is 49.8. The molecule has 2 fully saturated rings. The van der Waals surface area contributed by atoms with Crippen LogP contribution in [0.2, 0.25) is 0 Å². The van der Waals surface area contributed by atoms with Crippen LogP contribution in [-0.2, 0) is 19.2 Å². The third-order valence-electron chi connectivity index (χ3n) is 6.70. The highest BCUT2D eigenvalue weighted by atomic mass is 16.4. The molecule has 0 spiro atoms. The molecule has 0 bridgehead atoms. The average Bonchev–Trinajstić information content (AvgIpc) is 3.30. The van der Waals surface area contributed by atoms with E-state index in [1.165, 1.54) is 20.3 Å². The number of carbonyl (C=O) groups is 4. The van der Waals surface area contributed by atoms with Crippen LogP contribution in [0.4, 0.5) is 0 Å². The minimum absolute atomic E-state index is 0.0458. The maximum absolute atomic E-state index is 13.1. The topological polar surface area (TPSA) is 157 Å². The van der Waals surface area contributed by atoms with Crippen molar-refractivity contribution in [2.45, 2.75) is 96.1 Å². The molecular weight excluding hydrogens is 427 g/mol. The summed E-state index contributed by atoms with van der Waals surface area (Å²) in [5.74, 6) is -2.20. The van der Waals surface area contributed by atoms with Gasteiger partial charge in [-0.15, -0.1) is 0 Å². The Balaban J connectivity index is 2.03. The Hall–Kier alpha value is -2.14. The number of nitrogens with one attached hydrogen (secondary N) is 4. The quantitative estimate of drug-likeness (QED) is 0.231. The van der Waals surface area contributed by atoms with Crippen LogP contribution < -0.4 is 21.3 Å². The second-order valence-electron chi connectivity index (χ2n) is 9.51. The molecule has 33 heavy (non-hydrogen) atoms. The second-order valence-corrected chi connectivity index (χ2v) is 9.51. The van der Waals surface area contributed by atoms with Crippen molar-refractivity contribution in [3.05, 3.63) is 0 Å². The zero-order chi connectivity index (χ0) is 24.4. The highest BCUT2D eigenvalue weighted by Gasteiger charge is 2.34. The van der Waals surface area contributed by atoms with Gasteiger partial charge in [-0.3, -0.25) is 19.2 Å². The molecule has 6 N–H and O–H groups in total. The lowest BCUT2D eigenvalue weighted by molar-refractivity contribution is -0.133. The molecule has 2 saturated carbocycles. The zero-order valence-electron chi connectivity index (χ0n) is 19.8. The monoisotopic (exact) mass is 466 g/mol. The lowest BCUT2D eigenvalue weighted by Crippen LogP contribution is -2.56. The third-order valence-corrected chi connectivity index (χ3v) is 6.70. The van der Waals surface area contributed by atoms with Gasteiger partial charge in [-0.05, 0) is 38.0 Å². The predicted octanol–water partition coefficient (Wildman–Crippen LogP) is -0.231. The second kappa shape index (κ2) is 13.5.